The van der Waals surface area contributed by atoms with E-state index in [2.05, 4.69) is 5.32 Å². The third-order valence-corrected chi connectivity index (χ3v) is 5.24. The maximum atomic E-state index is 12.4. The standard InChI is InChI=1S/C19H29ClN2O3/c1-5-19(6-2,18(24)25)13-21-14(3)11-17(23)22(4)12-15-9-7-8-10-16(15)20/h7-10,14,21H,5-6,11-13H2,1-4H3,(H,24,25). The predicted octanol–water partition coefficient (Wildman–Crippen LogP) is 3.56. The zero-order valence-electron chi connectivity index (χ0n) is 15.5. The largest absolute Gasteiger partial charge is 0.481 e. The van der Waals surface area contributed by atoms with Crippen molar-refractivity contribution in [2.45, 2.75) is 52.6 Å². The minimum atomic E-state index is -0.792. The van der Waals surface area contributed by atoms with E-state index in [0.29, 0.717) is 37.4 Å². The number of benzene rings is 1. The lowest BCUT2D eigenvalue weighted by Gasteiger charge is -2.29. The smallest absolute Gasteiger partial charge is 0.310 e. The normalized spacial score (nSPS) is 12.7. The van der Waals surface area contributed by atoms with Crippen LogP contribution in [0.3, 0.4) is 0 Å². The van der Waals surface area contributed by atoms with Crippen molar-refractivity contribution in [3.05, 3.63) is 34.9 Å². The summed E-state index contributed by atoms with van der Waals surface area (Å²) in [6.07, 6.45) is 1.42. The maximum Gasteiger partial charge on any atom is 0.310 e. The lowest BCUT2D eigenvalue weighted by molar-refractivity contribution is -0.149. The van der Waals surface area contributed by atoms with Crippen LogP contribution in [-0.4, -0.2) is 41.5 Å². The SMILES string of the molecule is CCC(CC)(CNC(C)CC(=O)N(C)Cc1ccccc1Cl)C(=O)O. The molecule has 25 heavy (non-hydrogen) atoms. The summed E-state index contributed by atoms with van der Waals surface area (Å²) in [6, 6.07) is 7.36. The van der Waals surface area contributed by atoms with Crippen LogP contribution in [0.5, 0.6) is 0 Å². The maximum absolute atomic E-state index is 12.4. The van der Waals surface area contributed by atoms with Crippen LogP contribution in [0.1, 0.15) is 45.6 Å². The zero-order chi connectivity index (χ0) is 19.0. The second-order valence-electron chi connectivity index (χ2n) is 6.62. The molecule has 6 heteroatoms. The summed E-state index contributed by atoms with van der Waals surface area (Å²) >= 11 is 6.13. The molecule has 1 rings (SSSR count). The van der Waals surface area contributed by atoms with E-state index in [4.69, 9.17) is 11.6 Å². The molecule has 5 nitrogen and oxygen atoms in total. The molecule has 0 saturated carbocycles. The average molecular weight is 369 g/mol. The number of aliphatic carboxylic acids is 1. The highest BCUT2D eigenvalue weighted by molar-refractivity contribution is 6.31. The first-order valence-electron chi connectivity index (χ1n) is 8.70. The molecule has 0 aliphatic carbocycles. The number of nitrogens with one attached hydrogen (secondary N) is 1. The first-order valence-corrected chi connectivity index (χ1v) is 9.07. The molecule has 0 spiro atoms. The number of carboxylic acid groups (broad SMARTS) is 1. The average Bonchev–Trinajstić information content (AvgIpc) is 2.58. The molecule has 0 heterocycles. The predicted molar refractivity (Wildman–Crippen MR) is 101 cm³/mol. The first-order chi connectivity index (χ1) is 11.8. The van der Waals surface area contributed by atoms with Gasteiger partial charge < -0.3 is 15.3 Å². The number of nitrogens with zero attached hydrogens (tertiary/aromatic N) is 1. The number of hydrogen-bond donors (Lipinski definition) is 2. The van der Waals surface area contributed by atoms with Crippen molar-refractivity contribution < 1.29 is 14.7 Å². The Morgan fingerprint density at radius 1 is 1.28 bits per heavy atom. The van der Waals surface area contributed by atoms with Gasteiger partial charge in [0.1, 0.15) is 0 Å². The molecule has 0 bridgehead atoms. The molecule has 0 aliphatic heterocycles. The molecular weight excluding hydrogens is 340 g/mol. The third kappa shape index (κ3) is 6.01. The van der Waals surface area contributed by atoms with Crippen LogP contribution in [-0.2, 0) is 16.1 Å². The van der Waals surface area contributed by atoms with Gasteiger partial charge in [-0.05, 0) is 31.4 Å². The van der Waals surface area contributed by atoms with Gasteiger partial charge >= 0.3 is 5.97 Å². The third-order valence-electron chi connectivity index (χ3n) is 4.87. The second kappa shape index (κ2) is 9.78. The molecule has 1 aromatic rings. The fourth-order valence-corrected chi connectivity index (χ4v) is 2.90. The number of carboxylic acids is 1. The molecule has 0 radical (unpaired) electrons. The van der Waals surface area contributed by atoms with Crippen LogP contribution in [0.15, 0.2) is 24.3 Å². The van der Waals surface area contributed by atoms with Gasteiger partial charge in [0.25, 0.3) is 0 Å². The van der Waals surface area contributed by atoms with Crippen LogP contribution >= 0.6 is 11.6 Å². The fraction of sp³-hybridized carbons (Fsp3) is 0.579. The van der Waals surface area contributed by atoms with Crippen molar-refractivity contribution in [3.8, 4) is 0 Å². The van der Waals surface area contributed by atoms with Gasteiger partial charge in [0.2, 0.25) is 5.91 Å². The van der Waals surface area contributed by atoms with Crippen molar-refractivity contribution in [1.29, 1.82) is 0 Å². The Balaban J connectivity index is 2.55. The van der Waals surface area contributed by atoms with Crippen molar-refractivity contribution in [2.24, 2.45) is 5.41 Å². The van der Waals surface area contributed by atoms with Gasteiger partial charge in [0.15, 0.2) is 0 Å². The van der Waals surface area contributed by atoms with Crippen LogP contribution in [0.2, 0.25) is 5.02 Å². The van der Waals surface area contributed by atoms with Crippen LogP contribution in [0.4, 0.5) is 0 Å². The van der Waals surface area contributed by atoms with Crippen molar-refractivity contribution in [3.63, 3.8) is 0 Å². The van der Waals surface area contributed by atoms with Crippen LogP contribution in [0, 0.1) is 5.41 Å². The van der Waals surface area contributed by atoms with E-state index in [-0.39, 0.29) is 11.9 Å². The summed E-state index contributed by atoms with van der Waals surface area (Å²) in [5.74, 6) is -0.798. The van der Waals surface area contributed by atoms with E-state index in [1.807, 2.05) is 39.0 Å². The molecule has 0 aromatic heterocycles. The minimum Gasteiger partial charge on any atom is -0.481 e. The molecule has 0 aliphatic rings. The molecule has 2 N–H and O–H groups in total. The minimum absolute atomic E-state index is 0.00570. The Morgan fingerprint density at radius 2 is 1.88 bits per heavy atom. The highest BCUT2D eigenvalue weighted by Crippen LogP contribution is 2.26. The quantitative estimate of drug-likeness (QED) is 0.662. The highest BCUT2D eigenvalue weighted by atomic mass is 35.5. The number of halogens is 1. The van der Waals surface area contributed by atoms with Gasteiger partial charge in [-0.3, -0.25) is 9.59 Å². The topological polar surface area (TPSA) is 69.6 Å². The van der Waals surface area contributed by atoms with Gasteiger partial charge in [-0.15, -0.1) is 0 Å². The molecule has 0 fully saturated rings. The van der Waals surface area contributed by atoms with Crippen LogP contribution in [0.25, 0.3) is 0 Å². The van der Waals surface area contributed by atoms with Crippen molar-refractivity contribution >= 4 is 23.5 Å². The van der Waals surface area contributed by atoms with E-state index >= 15 is 0 Å². The molecule has 0 saturated heterocycles. The zero-order valence-corrected chi connectivity index (χ0v) is 16.3. The van der Waals surface area contributed by atoms with E-state index in [0.717, 1.165) is 5.56 Å². The van der Waals surface area contributed by atoms with E-state index < -0.39 is 11.4 Å². The molecule has 1 unspecified atom stereocenters. The number of carbonyl (C=O) groups is 2. The van der Waals surface area contributed by atoms with E-state index in [1.54, 1.807) is 18.0 Å². The number of carbonyl (C=O) groups excluding carboxylic acids is 1. The Kier molecular flexibility index (Phi) is 8.39. The highest BCUT2D eigenvalue weighted by Gasteiger charge is 2.34. The Bertz CT molecular complexity index is 588. The summed E-state index contributed by atoms with van der Waals surface area (Å²) in [6.45, 7) is 6.48. The first kappa shape index (κ1) is 21.5. The lowest BCUT2D eigenvalue weighted by Crippen LogP contribution is -2.44. The van der Waals surface area contributed by atoms with Gasteiger partial charge in [-0.1, -0.05) is 43.6 Å². The molecule has 140 valence electrons. The van der Waals surface area contributed by atoms with Gasteiger partial charge in [0, 0.05) is 37.6 Å². The molecular formula is C19H29ClN2O3. The summed E-state index contributed by atoms with van der Waals surface area (Å²) in [4.78, 5) is 25.6. The number of rotatable bonds is 10. The molecule has 1 amide bonds. The van der Waals surface area contributed by atoms with Crippen molar-refractivity contribution in [1.82, 2.24) is 10.2 Å². The number of hydrogen-bond acceptors (Lipinski definition) is 3. The monoisotopic (exact) mass is 368 g/mol. The summed E-state index contributed by atoms with van der Waals surface area (Å²) in [7, 11) is 1.75. The Morgan fingerprint density at radius 3 is 2.40 bits per heavy atom. The van der Waals surface area contributed by atoms with Crippen LogP contribution < -0.4 is 5.32 Å². The molecule has 1 aromatic carbocycles. The molecule has 1 atom stereocenters. The fourth-order valence-electron chi connectivity index (χ4n) is 2.71. The van der Waals surface area contributed by atoms with Crippen molar-refractivity contribution in [2.75, 3.05) is 13.6 Å². The summed E-state index contributed by atoms with van der Waals surface area (Å²) < 4.78 is 0. The van der Waals surface area contributed by atoms with Gasteiger partial charge in [0.05, 0.1) is 5.41 Å². The second-order valence-corrected chi connectivity index (χ2v) is 7.03. The lowest BCUT2D eigenvalue weighted by atomic mass is 9.82. The Hall–Kier alpha value is -1.59. The van der Waals surface area contributed by atoms with E-state index in [9.17, 15) is 14.7 Å². The van der Waals surface area contributed by atoms with Gasteiger partial charge in [-0.25, -0.2) is 0 Å². The van der Waals surface area contributed by atoms with E-state index in [1.165, 1.54) is 0 Å². The number of amides is 1. The summed E-state index contributed by atoms with van der Waals surface area (Å²) in [5, 5.41) is 13.3. The summed E-state index contributed by atoms with van der Waals surface area (Å²) in [5.41, 5.74) is 0.128. The van der Waals surface area contributed by atoms with Gasteiger partial charge in [-0.2, -0.15) is 0 Å². The Labute approximate surface area is 155 Å².